The summed E-state index contributed by atoms with van der Waals surface area (Å²) in [5, 5.41) is 11.3. The van der Waals surface area contributed by atoms with E-state index in [4.69, 9.17) is 9.84 Å². The first kappa shape index (κ1) is 15.2. The first-order valence-electron chi connectivity index (χ1n) is 6.20. The fraction of sp³-hybridized carbons (Fsp3) is 0.429. The van der Waals surface area contributed by atoms with Gasteiger partial charge in [-0.05, 0) is 31.4 Å². The third-order valence-corrected chi connectivity index (χ3v) is 2.21. The van der Waals surface area contributed by atoms with Crippen LogP contribution in [0.1, 0.15) is 25.5 Å². The monoisotopic (exact) mass is 262 g/mol. The zero-order chi connectivity index (χ0) is 13.9. The highest BCUT2D eigenvalue weighted by Crippen LogP contribution is 2.05. The third kappa shape index (κ3) is 6.55. The zero-order valence-corrected chi connectivity index (χ0v) is 11.0. The topological polar surface area (TPSA) is 71.5 Å². The minimum atomic E-state index is -0.213. The maximum atomic E-state index is 11.6. The van der Waals surface area contributed by atoms with Crippen LogP contribution in [0.4, 0.5) is 5.82 Å². The number of aliphatic hydroxyl groups is 1. The summed E-state index contributed by atoms with van der Waals surface area (Å²) < 4.78 is 5.16. The molecule has 102 valence electrons. The number of carbonyl (C=O) groups excluding carboxylic acids is 1. The first-order valence-corrected chi connectivity index (χ1v) is 6.20. The molecule has 0 aliphatic heterocycles. The molecule has 0 saturated heterocycles. The van der Waals surface area contributed by atoms with Crippen LogP contribution in [0, 0.1) is 11.8 Å². The van der Waals surface area contributed by atoms with E-state index in [9.17, 15) is 4.79 Å². The van der Waals surface area contributed by atoms with E-state index in [1.807, 2.05) is 6.92 Å². The number of amides is 1. The molecule has 1 aromatic rings. The Morgan fingerprint density at radius 2 is 2.37 bits per heavy atom. The van der Waals surface area contributed by atoms with Crippen molar-refractivity contribution in [2.75, 3.05) is 25.1 Å². The van der Waals surface area contributed by atoms with Crippen molar-refractivity contribution in [2.24, 2.45) is 0 Å². The van der Waals surface area contributed by atoms with Crippen LogP contribution in [-0.4, -0.2) is 35.8 Å². The number of hydrogen-bond acceptors (Lipinski definition) is 4. The molecule has 1 aromatic heterocycles. The molecule has 19 heavy (non-hydrogen) atoms. The van der Waals surface area contributed by atoms with Gasteiger partial charge in [0.15, 0.2) is 0 Å². The average molecular weight is 262 g/mol. The Bertz CT molecular complexity index is 463. The summed E-state index contributed by atoms with van der Waals surface area (Å²) >= 11 is 0. The summed E-state index contributed by atoms with van der Waals surface area (Å²) in [6, 6.07) is 5.17. The molecule has 0 fully saturated rings. The van der Waals surface area contributed by atoms with Gasteiger partial charge in [0.2, 0.25) is 5.91 Å². The zero-order valence-electron chi connectivity index (χ0n) is 11.0. The molecule has 0 saturated carbocycles. The molecule has 0 aromatic carbocycles. The SMILES string of the molecule is CCOCCCC(=O)Nc1cccc(C#CCO)n1. The van der Waals surface area contributed by atoms with Gasteiger partial charge in [0.05, 0.1) is 0 Å². The number of ether oxygens (including phenoxy) is 1. The third-order valence-electron chi connectivity index (χ3n) is 2.21. The largest absolute Gasteiger partial charge is 0.384 e. The number of anilines is 1. The molecule has 5 nitrogen and oxygen atoms in total. The molecule has 0 unspecified atom stereocenters. The number of aliphatic hydroxyl groups excluding tert-OH is 1. The van der Waals surface area contributed by atoms with Gasteiger partial charge in [-0.2, -0.15) is 0 Å². The molecule has 1 heterocycles. The summed E-state index contributed by atoms with van der Waals surface area (Å²) in [5.41, 5.74) is 0.515. The van der Waals surface area contributed by atoms with Crippen LogP contribution in [0.3, 0.4) is 0 Å². The Labute approximate surface area is 113 Å². The Balaban J connectivity index is 2.45. The highest BCUT2D eigenvalue weighted by molar-refractivity contribution is 5.89. The molecular weight excluding hydrogens is 244 g/mol. The number of carbonyl (C=O) groups is 1. The number of hydrogen-bond donors (Lipinski definition) is 2. The van der Waals surface area contributed by atoms with Crippen LogP contribution in [0.15, 0.2) is 18.2 Å². The second-order valence-electron chi connectivity index (χ2n) is 3.72. The van der Waals surface area contributed by atoms with E-state index in [2.05, 4.69) is 22.1 Å². The number of nitrogens with zero attached hydrogens (tertiary/aromatic N) is 1. The molecule has 0 aliphatic carbocycles. The minimum Gasteiger partial charge on any atom is -0.384 e. The Hall–Kier alpha value is -1.90. The van der Waals surface area contributed by atoms with Crippen molar-refractivity contribution in [1.82, 2.24) is 4.98 Å². The van der Waals surface area contributed by atoms with Gasteiger partial charge in [-0.1, -0.05) is 12.0 Å². The lowest BCUT2D eigenvalue weighted by molar-refractivity contribution is -0.116. The molecule has 0 aliphatic rings. The standard InChI is InChI=1S/C14H18N2O3/c1-2-19-11-5-9-14(18)16-13-8-3-6-12(15-13)7-4-10-17/h3,6,8,17H,2,5,9-11H2,1H3,(H,15,16,18). The fourth-order valence-corrected chi connectivity index (χ4v) is 1.39. The van der Waals surface area contributed by atoms with Gasteiger partial charge in [-0.25, -0.2) is 4.98 Å². The lowest BCUT2D eigenvalue weighted by Crippen LogP contribution is -2.13. The summed E-state index contributed by atoms with van der Waals surface area (Å²) in [6.45, 7) is 2.95. The number of aromatic nitrogens is 1. The molecule has 0 spiro atoms. The second kappa shape index (κ2) is 9.09. The van der Waals surface area contributed by atoms with E-state index in [-0.39, 0.29) is 12.5 Å². The predicted octanol–water partition coefficient (Wildman–Crippen LogP) is 1.18. The van der Waals surface area contributed by atoms with E-state index in [0.717, 1.165) is 0 Å². The van der Waals surface area contributed by atoms with Crippen molar-refractivity contribution in [1.29, 1.82) is 0 Å². The van der Waals surface area contributed by atoms with Gasteiger partial charge in [0.1, 0.15) is 18.1 Å². The van der Waals surface area contributed by atoms with Crippen LogP contribution in [0.5, 0.6) is 0 Å². The first-order chi connectivity index (χ1) is 9.26. The van der Waals surface area contributed by atoms with Gasteiger partial charge >= 0.3 is 0 Å². The van der Waals surface area contributed by atoms with E-state index >= 15 is 0 Å². The predicted molar refractivity (Wildman–Crippen MR) is 72.6 cm³/mol. The van der Waals surface area contributed by atoms with E-state index in [1.54, 1.807) is 18.2 Å². The number of nitrogens with one attached hydrogen (secondary N) is 1. The highest BCUT2D eigenvalue weighted by Gasteiger charge is 2.03. The molecule has 0 radical (unpaired) electrons. The van der Waals surface area contributed by atoms with Gasteiger partial charge in [0.25, 0.3) is 0 Å². The maximum Gasteiger partial charge on any atom is 0.225 e. The van der Waals surface area contributed by atoms with Gasteiger partial charge in [0, 0.05) is 19.6 Å². The van der Waals surface area contributed by atoms with Crippen molar-refractivity contribution >= 4 is 11.7 Å². The van der Waals surface area contributed by atoms with Crippen LogP contribution in [0.25, 0.3) is 0 Å². The lowest BCUT2D eigenvalue weighted by Gasteiger charge is -2.04. The molecule has 1 amide bonds. The van der Waals surface area contributed by atoms with Crippen molar-refractivity contribution in [3.05, 3.63) is 23.9 Å². The molecule has 0 atom stereocenters. The number of rotatable bonds is 6. The summed E-state index contributed by atoms with van der Waals surface area (Å²) in [7, 11) is 0. The summed E-state index contributed by atoms with van der Waals surface area (Å²) in [5.74, 6) is 5.56. The summed E-state index contributed by atoms with van der Waals surface area (Å²) in [6.07, 6.45) is 1.08. The smallest absolute Gasteiger partial charge is 0.225 e. The van der Waals surface area contributed by atoms with Crippen LogP contribution >= 0.6 is 0 Å². The summed E-state index contributed by atoms with van der Waals surface area (Å²) in [4.78, 5) is 15.8. The second-order valence-corrected chi connectivity index (χ2v) is 3.72. The minimum absolute atomic E-state index is 0.0977. The lowest BCUT2D eigenvalue weighted by atomic mass is 10.3. The maximum absolute atomic E-state index is 11.6. The van der Waals surface area contributed by atoms with Gasteiger partial charge in [-0.15, -0.1) is 0 Å². The van der Waals surface area contributed by atoms with Crippen LogP contribution in [0.2, 0.25) is 0 Å². The van der Waals surface area contributed by atoms with Gasteiger partial charge < -0.3 is 15.2 Å². The molecule has 2 N–H and O–H groups in total. The van der Waals surface area contributed by atoms with Crippen LogP contribution in [-0.2, 0) is 9.53 Å². The highest BCUT2D eigenvalue weighted by atomic mass is 16.5. The van der Waals surface area contributed by atoms with Crippen LogP contribution < -0.4 is 5.32 Å². The van der Waals surface area contributed by atoms with Crippen molar-refractivity contribution in [3.8, 4) is 11.8 Å². The Morgan fingerprint density at radius 3 is 3.11 bits per heavy atom. The van der Waals surface area contributed by atoms with E-state index < -0.39 is 0 Å². The van der Waals surface area contributed by atoms with Crippen molar-refractivity contribution in [3.63, 3.8) is 0 Å². The van der Waals surface area contributed by atoms with E-state index in [1.165, 1.54) is 0 Å². The van der Waals surface area contributed by atoms with Crippen molar-refractivity contribution < 1.29 is 14.6 Å². The molecule has 0 bridgehead atoms. The molecular formula is C14H18N2O3. The Morgan fingerprint density at radius 1 is 1.53 bits per heavy atom. The van der Waals surface area contributed by atoms with Gasteiger partial charge in [-0.3, -0.25) is 4.79 Å². The molecule has 1 rings (SSSR count). The normalized spacial score (nSPS) is 9.58. The quantitative estimate of drug-likeness (QED) is 0.596. The van der Waals surface area contributed by atoms with Crippen molar-refractivity contribution in [2.45, 2.75) is 19.8 Å². The Kier molecular flexibility index (Phi) is 7.25. The van der Waals surface area contributed by atoms with E-state index in [0.29, 0.717) is 37.6 Å². The molecule has 5 heteroatoms. The fourth-order valence-electron chi connectivity index (χ4n) is 1.39. The average Bonchev–Trinajstić information content (AvgIpc) is 2.42. The number of pyridine rings is 1.